The molecule has 2 aromatic carbocycles. The molecule has 0 radical (unpaired) electrons. The molecule has 0 atom stereocenters. The second-order valence-corrected chi connectivity index (χ2v) is 4.61. The van der Waals surface area contributed by atoms with Crippen molar-refractivity contribution in [3.8, 4) is 22.6 Å². The van der Waals surface area contributed by atoms with Crippen LogP contribution in [-0.4, -0.2) is 12.2 Å². The predicted molar refractivity (Wildman–Crippen MR) is 80.5 cm³/mol. The lowest BCUT2D eigenvalue weighted by Crippen LogP contribution is -2.06. The van der Waals surface area contributed by atoms with Crippen molar-refractivity contribution in [1.29, 1.82) is 0 Å². The van der Waals surface area contributed by atoms with Crippen molar-refractivity contribution in [1.82, 2.24) is 0 Å². The molecule has 0 unspecified atom stereocenters. The molecule has 21 heavy (non-hydrogen) atoms. The number of hydrogen-bond donors (Lipinski definition) is 2. The van der Waals surface area contributed by atoms with Gasteiger partial charge in [-0.25, -0.2) is 0 Å². The van der Waals surface area contributed by atoms with Crippen LogP contribution in [0.25, 0.3) is 22.1 Å². The third-order valence-corrected chi connectivity index (χ3v) is 3.31. The maximum absolute atomic E-state index is 12.5. The van der Waals surface area contributed by atoms with Crippen LogP contribution in [0.5, 0.6) is 11.5 Å². The maximum atomic E-state index is 12.5. The number of nitrogen functional groups attached to an aromatic ring is 1. The number of ether oxygens (including phenoxy) is 1. The maximum Gasteiger partial charge on any atom is 0.200 e. The molecule has 3 rings (SSSR count). The first-order valence-electron chi connectivity index (χ1n) is 6.28. The fourth-order valence-electron chi connectivity index (χ4n) is 2.22. The van der Waals surface area contributed by atoms with E-state index in [-0.39, 0.29) is 11.2 Å². The summed E-state index contributed by atoms with van der Waals surface area (Å²) >= 11 is 0. The fraction of sp³-hybridized carbons (Fsp3) is 0.0625. The quantitative estimate of drug-likeness (QED) is 0.706. The minimum absolute atomic E-state index is 0.0439. The second-order valence-electron chi connectivity index (χ2n) is 4.61. The van der Waals surface area contributed by atoms with Crippen molar-refractivity contribution in [2.45, 2.75) is 0 Å². The zero-order valence-corrected chi connectivity index (χ0v) is 11.3. The van der Waals surface area contributed by atoms with Crippen LogP contribution in [0, 0.1) is 0 Å². The van der Waals surface area contributed by atoms with E-state index in [0.29, 0.717) is 33.5 Å². The lowest BCUT2D eigenvalue weighted by molar-refractivity contribution is 0.415. The van der Waals surface area contributed by atoms with Gasteiger partial charge in [-0.15, -0.1) is 0 Å². The Morgan fingerprint density at radius 1 is 1.14 bits per heavy atom. The van der Waals surface area contributed by atoms with Crippen LogP contribution in [0.4, 0.5) is 5.69 Å². The highest BCUT2D eigenvalue weighted by Gasteiger charge is 2.12. The van der Waals surface area contributed by atoms with Gasteiger partial charge in [-0.2, -0.15) is 0 Å². The number of benzene rings is 2. The van der Waals surface area contributed by atoms with Crippen molar-refractivity contribution in [2.24, 2.45) is 0 Å². The number of methoxy groups -OCH3 is 1. The van der Waals surface area contributed by atoms with Gasteiger partial charge in [0, 0.05) is 23.4 Å². The lowest BCUT2D eigenvalue weighted by Gasteiger charge is -2.08. The molecule has 1 aromatic heterocycles. The third-order valence-electron chi connectivity index (χ3n) is 3.31. The fourth-order valence-corrected chi connectivity index (χ4v) is 2.22. The first kappa shape index (κ1) is 13.1. The number of aromatic hydroxyl groups is 1. The first-order chi connectivity index (χ1) is 10.1. The molecule has 0 aliphatic rings. The summed E-state index contributed by atoms with van der Waals surface area (Å²) in [5, 5.41) is 9.80. The van der Waals surface area contributed by atoms with Crippen molar-refractivity contribution in [3.63, 3.8) is 0 Å². The number of rotatable bonds is 2. The van der Waals surface area contributed by atoms with E-state index in [2.05, 4.69) is 0 Å². The summed E-state index contributed by atoms with van der Waals surface area (Å²) in [7, 11) is 1.55. The molecular formula is C16H13NO4. The molecule has 5 nitrogen and oxygen atoms in total. The Labute approximate surface area is 120 Å². The molecule has 0 aliphatic carbocycles. The first-order valence-corrected chi connectivity index (χ1v) is 6.28. The highest BCUT2D eigenvalue weighted by atomic mass is 16.5. The van der Waals surface area contributed by atoms with Crippen molar-refractivity contribution < 1.29 is 14.3 Å². The van der Waals surface area contributed by atoms with E-state index in [4.69, 9.17) is 14.9 Å². The Hall–Kier alpha value is -2.95. The molecule has 0 spiro atoms. The van der Waals surface area contributed by atoms with E-state index in [9.17, 15) is 9.90 Å². The Morgan fingerprint density at radius 3 is 2.67 bits per heavy atom. The van der Waals surface area contributed by atoms with Gasteiger partial charge in [0.1, 0.15) is 23.3 Å². The summed E-state index contributed by atoms with van der Waals surface area (Å²) in [6, 6.07) is 9.46. The van der Waals surface area contributed by atoms with Gasteiger partial charge in [0.05, 0.1) is 18.1 Å². The van der Waals surface area contributed by atoms with Gasteiger partial charge >= 0.3 is 0 Å². The van der Waals surface area contributed by atoms with Gasteiger partial charge in [-0.3, -0.25) is 4.79 Å². The third kappa shape index (κ3) is 2.18. The molecule has 0 amide bonds. The second kappa shape index (κ2) is 4.86. The molecule has 3 N–H and O–H groups in total. The molecule has 0 fully saturated rings. The topological polar surface area (TPSA) is 85.7 Å². The summed E-state index contributed by atoms with van der Waals surface area (Å²) < 4.78 is 10.5. The van der Waals surface area contributed by atoms with E-state index in [1.54, 1.807) is 25.3 Å². The largest absolute Gasteiger partial charge is 0.508 e. The molecule has 3 aromatic rings. The molecule has 0 saturated heterocycles. The number of anilines is 1. The molecule has 0 saturated carbocycles. The summed E-state index contributed by atoms with van der Waals surface area (Å²) in [4.78, 5) is 12.5. The molecule has 0 aliphatic heterocycles. The van der Waals surface area contributed by atoms with Gasteiger partial charge < -0.3 is 20.0 Å². The van der Waals surface area contributed by atoms with Crippen molar-refractivity contribution >= 4 is 16.7 Å². The van der Waals surface area contributed by atoms with E-state index in [1.165, 1.54) is 24.5 Å². The number of phenolic OH excluding ortho intramolecular Hbond substituents is 1. The predicted octanol–water partition coefficient (Wildman–Crippen LogP) is 2.76. The van der Waals surface area contributed by atoms with Crippen molar-refractivity contribution in [3.05, 3.63) is 52.9 Å². The molecule has 1 heterocycles. The Balaban J connectivity index is 2.24. The smallest absolute Gasteiger partial charge is 0.200 e. The molecule has 5 heteroatoms. The van der Waals surface area contributed by atoms with Crippen LogP contribution in [-0.2, 0) is 0 Å². The van der Waals surface area contributed by atoms with E-state index in [1.807, 2.05) is 0 Å². The number of fused-ring (bicyclic) bond motifs is 1. The standard InChI is InChI=1S/C16H13NO4/c1-20-10-3-5-11(14(17)7-10)13-8-21-15-6-9(18)2-4-12(15)16(13)19/h2-8,18H,17H2,1H3. The van der Waals surface area contributed by atoms with Gasteiger partial charge in [-0.05, 0) is 24.3 Å². The normalized spacial score (nSPS) is 10.7. The Kier molecular flexibility index (Phi) is 3.02. The summed E-state index contributed by atoms with van der Waals surface area (Å²) in [6.07, 6.45) is 1.35. The van der Waals surface area contributed by atoms with Crippen molar-refractivity contribution in [2.75, 3.05) is 12.8 Å². The van der Waals surface area contributed by atoms with Crippen LogP contribution < -0.4 is 15.9 Å². The summed E-state index contributed by atoms with van der Waals surface area (Å²) in [6.45, 7) is 0. The summed E-state index contributed by atoms with van der Waals surface area (Å²) in [5.74, 6) is 0.661. The Bertz CT molecular complexity index is 883. The van der Waals surface area contributed by atoms with Crippen LogP contribution in [0.3, 0.4) is 0 Å². The van der Waals surface area contributed by atoms with Crippen LogP contribution in [0.1, 0.15) is 0 Å². The molecule has 106 valence electrons. The van der Waals surface area contributed by atoms with E-state index < -0.39 is 0 Å². The van der Waals surface area contributed by atoms with E-state index >= 15 is 0 Å². The number of phenols is 1. The summed E-state index contributed by atoms with van der Waals surface area (Å²) in [5.41, 5.74) is 7.48. The monoisotopic (exact) mass is 283 g/mol. The van der Waals surface area contributed by atoms with Gasteiger partial charge in [-0.1, -0.05) is 0 Å². The van der Waals surface area contributed by atoms with Gasteiger partial charge in [0.15, 0.2) is 0 Å². The SMILES string of the molecule is COc1ccc(-c2coc3cc(O)ccc3c2=O)c(N)c1. The number of hydrogen-bond acceptors (Lipinski definition) is 5. The van der Waals surface area contributed by atoms with Crippen LogP contribution in [0.2, 0.25) is 0 Å². The Morgan fingerprint density at radius 2 is 1.95 bits per heavy atom. The highest BCUT2D eigenvalue weighted by molar-refractivity contribution is 5.85. The van der Waals surface area contributed by atoms with E-state index in [0.717, 1.165) is 0 Å². The van der Waals surface area contributed by atoms with Gasteiger partial charge in [0.2, 0.25) is 5.43 Å². The minimum Gasteiger partial charge on any atom is -0.508 e. The highest BCUT2D eigenvalue weighted by Crippen LogP contribution is 2.29. The lowest BCUT2D eigenvalue weighted by atomic mass is 10.0. The molecule has 0 bridgehead atoms. The average Bonchev–Trinajstić information content (AvgIpc) is 2.48. The molecular weight excluding hydrogens is 270 g/mol. The van der Waals surface area contributed by atoms with Crippen LogP contribution in [0.15, 0.2) is 51.9 Å². The van der Waals surface area contributed by atoms with Gasteiger partial charge in [0.25, 0.3) is 0 Å². The average molecular weight is 283 g/mol. The zero-order valence-electron chi connectivity index (χ0n) is 11.3. The van der Waals surface area contributed by atoms with Crippen LogP contribution >= 0.6 is 0 Å². The zero-order chi connectivity index (χ0) is 15.0. The minimum atomic E-state index is -0.201. The number of nitrogens with two attached hydrogens (primary N) is 1.